The molecule has 2 aliphatic rings. The van der Waals surface area contributed by atoms with E-state index >= 15 is 0 Å². The Labute approximate surface area is 213 Å². The number of anilines is 1. The number of likely N-dealkylation sites (N-methyl/N-ethyl adjacent to an activating group) is 1. The van der Waals surface area contributed by atoms with Crippen LogP contribution < -0.4 is 26.2 Å². The molecule has 3 aromatic rings. The lowest BCUT2D eigenvalue weighted by atomic mass is 10.0. The normalized spacial score (nSPS) is 15.8. The zero-order valence-corrected chi connectivity index (χ0v) is 20.7. The first kappa shape index (κ1) is 24.9. The number of rotatable bonds is 10. The van der Waals surface area contributed by atoms with Crippen molar-refractivity contribution in [2.75, 3.05) is 25.5 Å². The maximum Gasteiger partial charge on any atom is 0.297 e. The van der Waals surface area contributed by atoms with E-state index in [0.29, 0.717) is 37.3 Å². The maximum absolute atomic E-state index is 14.8. The molecule has 0 saturated heterocycles. The van der Waals surface area contributed by atoms with E-state index in [4.69, 9.17) is 4.74 Å². The lowest BCUT2D eigenvalue weighted by Gasteiger charge is -2.22. The average Bonchev–Trinajstić information content (AvgIpc) is 3.81. The van der Waals surface area contributed by atoms with Crippen LogP contribution in [-0.2, 0) is 5.54 Å². The van der Waals surface area contributed by atoms with Crippen molar-refractivity contribution in [2.45, 2.75) is 44.2 Å². The first-order valence-corrected chi connectivity index (χ1v) is 12.4. The largest absolute Gasteiger partial charge is 0.492 e. The van der Waals surface area contributed by atoms with Crippen LogP contribution in [0, 0.1) is 18.6 Å². The summed E-state index contributed by atoms with van der Waals surface area (Å²) in [5, 5.41) is 9.05. The molecule has 0 spiro atoms. The first-order chi connectivity index (χ1) is 17.8. The molecule has 2 aromatic carbocycles. The number of hydrogen-bond acceptors (Lipinski definition) is 6. The van der Waals surface area contributed by atoms with Gasteiger partial charge in [-0.25, -0.2) is 13.8 Å². The van der Waals surface area contributed by atoms with Crippen LogP contribution in [0.1, 0.15) is 47.2 Å². The number of nitrogens with zero attached hydrogens (tertiary/aromatic N) is 2. The van der Waals surface area contributed by atoms with Gasteiger partial charge in [0.05, 0.1) is 11.2 Å². The van der Waals surface area contributed by atoms with Gasteiger partial charge in [-0.1, -0.05) is 0 Å². The fourth-order valence-electron chi connectivity index (χ4n) is 4.31. The molecule has 1 heterocycles. The number of ether oxygens (including phenoxy) is 1. The van der Waals surface area contributed by atoms with Crippen molar-refractivity contribution in [1.29, 1.82) is 0 Å². The van der Waals surface area contributed by atoms with Gasteiger partial charge in [-0.05, 0) is 70.0 Å². The molecule has 0 radical (unpaired) electrons. The second kappa shape index (κ2) is 9.93. The third-order valence-electron chi connectivity index (χ3n) is 6.77. The van der Waals surface area contributed by atoms with Crippen LogP contribution in [0.15, 0.2) is 47.5 Å². The minimum atomic E-state index is -0.714. The highest BCUT2D eigenvalue weighted by Crippen LogP contribution is 2.51. The Balaban J connectivity index is 1.48. The number of carbonyl (C=O) groups is 1. The Morgan fingerprint density at radius 1 is 1.22 bits per heavy atom. The predicted octanol–water partition coefficient (Wildman–Crippen LogP) is 3.41. The Morgan fingerprint density at radius 2 is 2.00 bits per heavy atom. The van der Waals surface area contributed by atoms with Crippen LogP contribution in [0.3, 0.4) is 0 Å². The standard InChI is InChI=1S/C27H29F2N5O3/c1-16-21(29)13-17(25(35)32-19-4-5-19)14-22(16)34-11-9-31-24(26(34)36)33-27(7-8-27)20-15-18(28)3-6-23(20)37-12-10-30-2/h3,6,9,11,13-15,19,30H,4-5,7-8,10,12H2,1-2H3,(H,31,33)(H,32,35). The molecule has 0 atom stereocenters. The SMILES string of the molecule is CNCCOc1ccc(F)cc1C1(Nc2nccn(-c3cc(C(=O)NC4CC4)cc(F)c3C)c2=O)CC1. The van der Waals surface area contributed by atoms with Gasteiger partial charge < -0.3 is 20.7 Å². The van der Waals surface area contributed by atoms with Crippen LogP contribution in [-0.4, -0.2) is 41.7 Å². The van der Waals surface area contributed by atoms with E-state index in [-0.39, 0.29) is 34.6 Å². The molecule has 37 heavy (non-hydrogen) atoms. The summed E-state index contributed by atoms with van der Waals surface area (Å²) in [7, 11) is 1.81. The zero-order chi connectivity index (χ0) is 26.2. The molecule has 8 nitrogen and oxygen atoms in total. The molecule has 194 valence electrons. The van der Waals surface area contributed by atoms with Crippen molar-refractivity contribution in [3.8, 4) is 11.4 Å². The molecule has 2 fully saturated rings. The smallest absolute Gasteiger partial charge is 0.297 e. The fourth-order valence-corrected chi connectivity index (χ4v) is 4.31. The summed E-state index contributed by atoms with van der Waals surface area (Å²) < 4.78 is 36.2. The van der Waals surface area contributed by atoms with Crippen molar-refractivity contribution in [2.24, 2.45) is 0 Å². The minimum Gasteiger partial charge on any atom is -0.492 e. The van der Waals surface area contributed by atoms with Crippen molar-refractivity contribution >= 4 is 11.7 Å². The molecule has 1 amide bonds. The van der Waals surface area contributed by atoms with Crippen molar-refractivity contribution in [3.63, 3.8) is 0 Å². The average molecular weight is 510 g/mol. The van der Waals surface area contributed by atoms with E-state index in [2.05, 4.69) is 20.9 Å². The molecule has 1 aromatic heterocycles. The van der Waals surface area contributed by atoms with E-state index in [1.165, 1.54) is 41.2 Å². The van der Waals surface area contributed by atoms with Gasteiger partial charge in [0.1, 0.15) is 24.0 Å². The third-order valence-corrected chi connectivity index (χ3v) is 6.77. The molecule has 3 N–H and O–H groups in total. The van der Waals surface area contributed by atoms with Gasteiger partial charge in [-0.3, -0.25) is 14.2 Å². The van der Waals surface area contributed by atoms with E-state index in [1.54, 1.807) is 13.0 Å². The van der Waals surface area contributed by atoms with E-state index in [1.807, 2.05) is 7.05 Å². The molecule has 5 rings (SSSR count). The van der Waals surface area contributed by atoms with Gasteiger partial charge in [0, 0.05) is 41.7 Å². The summed E-state index contributed by atoms with van der Waals surface area (Å²) in [4.78, 5) is 30.3. The fraction of sp³-hybridized carbons (Fsp3) is 0.370. The summed E-state index contributed by atoms with van der Waals surface area (Å²) in [5.74, 6) is -0.798. The van der Waals surface area contributed by atoms with Crippen LogP contribution in [0.2, 0.25) is 0 Å². The molecule has 10 heteroatoms. The molecular formula is C27H29F2N5O3. The Kier molecular flexibility index (Phi) is 6.68. The van der Waals surface area contributed by atoms with E-state index in [9.17, 15) is 18.4 Å². The molecule has 0 unspecified atom stereocenters. The summed E-state index contributed by atoms with van der Waals surface area (Å²) in [6, 6.07) is 7.14. The van der Waals surface area contributed by atoms with Crippen molar-refractivity contribution in [3.05, 3.63) is 81.4 Å². The molecule has 2 aliphatic carbocycles. The second-order valence-corrected chi connectivity index (χ2v) is 9.60. The highest BCUT2D eigenvalue weighted by Gasteiger charge is 2.47. The molecular weight excluding hydrogens is 480 g/mol. The number of aromatic nitrogens is 2. The number of amides is 1. The molecule has 2 saturated carbocycles. The quantitative estimate of drug-likeness (QED) is 0.363. The third kappa shape index (κ3) is 5.20. The lowest BCUT2D eigenvalue weighted by Crippen LogP contribution is -2.30. The van der Waals surface area contributed by atoms with Crippen LogP contribution in [0.25, 0.3) is 5.69 Å². The Morgan fingerprint density at radius 3 is 2.70 bits per heavy atom. The predicted molar refractivity (Wildman–Crippen MR) is 135 cm³/mol. The van der Waals surface area contributed by atoms with Crippen LogP contribution in [0.5, 0.6) is 5.75 Å². The monoisotopic (exact) mass is 509 g/mol. The van der Waals surface area contributed by atoms with E-state index < -0.39 is 22.7 Å². The van der Waals surface area contributed by atoms with Crippen molar-refractivity contribution in [1.82, 2.24) is 20.2 Å². The van der Waals surface area contributed by atoms with Gasteiger partial charge >= 0.3 is 0 Å². The number of nitrogens with one attached hydrogen (secondary N) is 3. The summed E-state index contributed by atoms with van der Waals surface area (Å²) in [6.07, 6.45) is 5.98. The molecule has 0 aliphatic heterocycles. The Bertz CT molecular complexity index is 1400. The number of benzene rings is 2. The van der Waals surface area contributed by atoms with Crippen LogP contribution in [0.4, 0.5) is 14.6 Å². The summed E-state index contributed by atoms with van der Waals surface area (Å²) in [6.45, 7) is 2.57. The highest BCUT2D eigenvalue weighted by molar-refractivity contribution is 5.95. The number of hydrogen-bond donors (Lipinski definition) is 3. The number of carbonyl (C=O) groups excluding carboxylic acids is 1. The van der Waals surface area contributed by atoms with Crippen molar-refractivity contribution < 1.29 is 18.3 Å². The second-order valence-electron chi connectivity index (χ2n) is 9.60. The highest BCUT2D eigenvalue weighted by atomic mass is 19.1. The van der Waals surface area contributed by atoms with Gasteiger partial charge in [0.15, 0.2) is 5.82 Å². The van der Waals surface area contributed by atoms with E-state index in [0.717, 1.165) is 12.8 Å². The van der Waals surface area contributed by atoms with Gasteiger partial charge in [0.25, 0.3) is 11.5 Å². The topological polar surface area (TPSA) is 97.3 Å². The lowest BCUT2D eigenvalue weighted by molar-refractivity contribution is 0.0950. The van der Waals surface area contributed by atoms with Gasteiger partial charge in [-0.2, -0.15) is 0 Å². The van der Waals surface area contributed by atoms with Crippen LogP contribution >= 0.6 is 0 Å². The summed E-state index contributed by atoms with van der Waals surface area (Å²) in [5.41, 5.74) is 0.0161. The molecule has 0 bridgehead atoms. The maximum atomic E-state index is 14.8. The Hall–Kier alpha value is -3.79. The van der Waals surface area contributed by atoms with Gasteiger partial charge in [-0.15, -0.1) is 0 Å². The minimum absolute atomic E-state index is 0.0399. The summed E-state index contributed by atoms with van der Waals surface area (Å²) >= 11 is 0. The zero-order valence-electron chi connectivity index (χ0n) is 20.7. The first-order valence-electron chi connectivity index (χ1n) is 12.4. The van der Waals surface area contributed by atoms with Gasteiger partial charge in [0.2, 0.25) is 0 Å². The number of halogens is 2.